The molecular weight excluding hydrogens is 414 g/mol. The summed E-state index contributed by atoms with van der Waals surface area (Å²) >= 11 is 4.83. The topological polar surface area (TPSA) is 54.3 Å². The Morgan fingerprint density at radius 3 is 2.54 bits per heavy atom. The number of carbonyl (C=O) groups is 1. The molecule has 0 bridgehead atoms. The second-order valence-electron chi connectivity index (χ2n) is 5.71. The number of benzene rings is 2. The fourth-order valence-corrected chi connectivity index (χ4v) is 3.60. The smallest absolute Gasteiger partial charge is 0.242 e. The van der Waals surface area contributed by atoms with Crippen molar-refractivity contribution in [3.8, 4) is 5.75 Å². The molecule has 26 heavy (non-hydrogen) atoms. The number of ether oxygens (including phenoxy) is 1. The summed E-state index contributed by atoms with van der Waals surface area (Å²) in [6, 6.07) is 15.4. The van der Waals surface area contributed by atoms with Crippen molar-refractivity contribution in [2.75, 3.05) is 7.11 Å². The molecule has 0 saturated carbocycles. The Bertz CT molecular complexity index is 835. The Balaban J connectivity index is 1.75. The molecule has 7 heteroatoms. The third-order valence-corrected chi connectivity index (χ3v) is 5.44. The molecule has 5 nitrogen and oxygen atoms in total. The fourth-order valence-electron chi connectivity index (χ4n) is 2.42. The second kappa shape index (κ2) is 8.51. The third-order valence-electron chi connectivity index (χ3n) is 3.85. The lowest BCUT2D eigenvalue weighted by Crippen LogP contribution is -2.30. The Labute approximate surface area is 165 Å². The van der Waals surface area contributed by atoms with Crippen LogP contribution >= 0.6 is 27.7 Å². The maximum Gasteiger partial charge on any atom is 0.242 e. The van der Waals surface area contributed by atoms with Gasteiger partial charge in [0.25, 0.3) is 0 Å². The standard InChI is InChI=1S/C19H18BrN3O2S/c1-13-18(24)23(12-15-5-9-17(25-2)10-6-15)19(26-13)22-21-11-14-3-7-16(20)8-4-14/h3-11,13H,12H2,1-2H3. The van der Waals surface area contributed by atoms with E-state index in [0.29, 0.717) is 11.7 Å². The van der Waals surface area contributed by atoms with E-state index in [1.165, 1.54) is 11.8 Å². The van der Waals surface area contributed by atoms with E-state index in [2.05, 4.69) is 26.1 Å². The van der Waals surface area contributed by atoms with Crippen molar-refractivity contribution >= 4 is 45.0 Å². The molecule has 3 rings (SSSR count). The molecule has 1 atom stereocenters. The van der Waals surface area contributed by atoms with Crippen molar-refractivity contribution in [1.82, 2.24) is 4.90 Å². The lowest BCUT2D eigenvalue weighted by molar-refractivity contribution is -0.126. The minimum atomic E-state index is -0.158. The molecule has 0 aliphatic carbocycles. The summed E-state index contributed by atoms with van der Waals surface area (Å²) in [4.78, 5) is 14.1. The number of hydrogen-bond acceptors (Lipinski definition) is 5. The zero-order valence-electron chi connectivity index (χ0n) is 14.4. The number of carbonyl (C=O) groups excluding carboxylic acids is 1. The molecule has 134 valence electrons. The maximum absolute atomic E-state index is 12.5. The Kier molecular flexibility index (Phi) is 6.11. The molecule has 2 aromatic rings. The van der Waals surface area contributed by atoms with Crippen LogP contribution in [0.3, 0.4) is 0 Å². The van der Waals surface area contributed by atoms with Crippen LogP contribution in [0.15, 0.2) is 63.2 Å². The lowest BCUT2D eigenvalue weighted by Gasteiger charge is -2.15. The predicted molar refractivity (Wildman–Crippen MR) is 110 cm³/mol. The number of rotatable bonds is 5. The minimum Gasteiger partial charge on any atom is -0.497 e. The van der Waals surface area contributed by atoms with Gasteiger partial charge in [0.2, 0.25) is 5.91 Å². The molecule has 0 spiro atoms. The number of amidine groups is 1. The van der Waals surface area contributed by atoms with Crippen LogP contribution in [-0.4, -0.2) is 34.5 Å². The van der Waals surface area contributed by atoms with Crippen LogP contribution in [0.25, 0.3) is 0 Å². The van der Waals surface area contributed by atoms with E-state index < -0.39 is 0 Å². The van der Waals surface area contributed by atoms with Crippen LogP contribution in [0, 0.1) is 0 Å². The van der Waals surface area contributed by atoms with Crippen LogP contribution < -0.4 is 4.74 Å². The average molecular weight is 432 g/mol. The first-order valence-corrected chi connectivity index (χ1v) is 9.71. The average Bonchev–Trinajstić information content (AvgIpc) is 2.92. The van der Waals surface area contributed by atoms with Crippen molar-refractivity contribution in [2.24, 2.45) is 10.2 Å². The van der Waals surface area contributed by atoms with Crippen LogP contribution in [0.4, 0.5) is 0 Å². The molecule has 2 aromatic carbocycles. The lowest BCUT2D eigenvalue weighted by atomic mass is 10.2. The van der Waals surface area contributed by atoms with E-state index in [9.17, 15) is 4.79 Å². The van der Waals surface area contributed by atoms with Gasteiger partial charge in [0.15, 0.2) is 5.17 Å². The molecule has 1 aliphatic heterocycles. The summed E-state index contributed by atoms with van der Waals surface area (Å²) in [6.45, 7) is 2.35. The summed E-state index contributed by atoms with van der Waals surface area (Å²) in [5, 5.41) is 8.88. The largest absolute Gasteiger partial charge is 0.497 e. The van der Waals surface area contributed by atoms with Crippen LogP contribution in [-0.2, 0) is 11.3 Å². The molecule has 1 aliphatic rings. The predicted octanol–water partition coefficient (Wildman–Crippen LogP) is 4.31. The SMILES string of the molecule is COc1ccc(CN2C(=O)C(C)SC2=NN=Cc2ccc(Br)cc2)cc1. The zero-order chi connectivity index (χ0) is 18.5. The number of nitrogens with zero attached hydrogens (tertiary/aromatic N) is 3. The molecule has 0 N–H and O–H groups in total. The fraction of sp³-hybridized carbons (Fsp3) is 0.211. The molecular formula is C19H18BrN3O2S. The highest BCUT2D eigenvalue weighted by atomic mass is 79.9. The number of amides is 1. The van der Waals surface area contributed by atoms with E-state index >= 15 is 0 Å². The molecule has 0 radical (unpaired) electrons. The highest BCUT2D eigenvalue weighted by molar-refractivity contribution is 9.10. The third kappa shape index (κ3) is 4.53. The number of methoxy groups -OCH3 is 1. The van der Waals surface area contributed by atoms with Gasteiger partial charge in [0, 0.05) is 4.47 Å². The van der Waals surface area contributed by atoms with E-state index in [4.69, 9.17) is 4.74 Å². The quantitative estimate of drug-likeness (QED) is 0.523. The first-order valence-electron chi connectivity index (χ1n) is 8.04. The highest BCUT2D eigenvalue weighted by Crippen LogP contribution is 2.28. The van der Waals surface area contributed by atoms with Crippen LogP contribution in [0.2, 0.25) is 0 Å². The maximum atomic E-state index is 12.5. The summed E-state index contributed by atoms with van der Waals surface area (Å²) in [6.07, 6.45) is 1.68. The monoisotopic (exact) mass is 431 g/mol. The Morgan fingerprint density at radius 2 is 1.88 bits per heavy atom. The van der Waals surface area contributed by atoms with Gasteiger partial charge in [-0.3, -0.25) is 9.69 Å². The first-order chi connectivity index (χ1) is 12.6. The molecule has 1 amide bonds. The summed E-state index contributed by atoms with van der Waals surface area (Å²) < 4.78 is 6.18. The van der Waals surface area contributed by atoms with Gasteiger partial charge in [-0.05, 0) is 42.3 Å². The molecule has 1 heterocycles. The molecule has 1 saturated heterocycles. The van der Waals surface area contributed by atoms with Gasteiger partial charge in [-0.2, -0.15) is 5.10 Å². The van der Waals surface area contributed by atoms with Gasteiger partial charge in [-0.25, -0.2) is 0 Å². The molecule has 1 unspecified atom stereocenters. The van der Waals surface area contributed by atoms with Crippen molar-refractivity contribution in [3.05, 3.63) is 64.1 Å². The second-order valence-corrected chi connectivity index (χ2v) is 7.93. The van der Waals surface area contributed by atoms with Gasteiger partial charge >= 0.3 is 0 Å². The van der Waals surface area contributed by atoms with Gasteiger partial charge in [-0.15, -0.1) is 5.10 Å². The minimum absolute atomic E-state index is 0.0448. The van der Waals surface area contributed by atoms with E-state index in [1.807, 2.05) is 55.5 Å². The first kappa shape index (κ1) is 18.7. The van der Waals surface area contributed by atoms with Gasteiger partial charge in [0.05, 0.1) is 25.1 Å². The van der Waals surface area contributed by atoms with Crippen molar-refractivity contribution < 1.29 is 9.53 Å². The van der Waals surface area contributed by atoms with Gasteiger partial charge in [0.1, 0.15) is 5.75 Å². The van der Waals surface area contributed by atoms with Crippen LogP contribution in [0.1, 0.15) is 18.1 Å². The highest BCUT2D eigenvalue weighted by Gasteiger charge is 2.35. The zero-order valence-corrected chi connectivity index (χ0v) is 16.8. The number of thioether (sulfide) groups is 1. The normalized spacial score (nSPS) is 18.9. The van der Waals surface area contributed by atoms with Gasteiger partial charge < -0.3 is 4.74 Å². The summed E-state index contributed by atoms with van der Waals surface area (Å²) in [5.41, 5.74) is 1.96. The van der Waals surface area contributed by atoms with E-state index in [0.717, 1.165) is 21.3 Å². The Hall–Kier alpha value is -2.12. The Morgan fingerprint density at radius 1 is 1.19 bits per heavy atom. The number of hydrogen-bond donors (Lipinski definition) is 0. The van der Waals surface area contributed by atoms with E-state index in [-0.39, 0.29) is 11.2 Å². The van der Waals surface area contributed by atoms with Crippen molar-refractivity contribution in [2.45, 2.75) is 18.7 Å². The molecule has 1 fully saturated rings. The van der Waals surface area contributed by atoms with Gasteiger partial charge in [-0.1, -0.05) is 52.0 Å². The molecule has 0 aromatic heterocycles. The summed E-state index contributed by atoms with van der Waals surface area (Å²) in [7, 11) is 1.63. The van der Waals surface area contributed by atoms with E-state index in [1.54, 1.807) is 18.2 Å². The van der Waals surface area contributed by atoms with Crippen LogP contribution in [0.5, 0.6) is 5.75 Å². The van der Waals surface area contributed by atoms with Crippen molar-refractivity contribution in [3.63, 3.8) is 0 Å². The van der Waals surface area contributed by atoms with Crippen molar-refractivity contribution in [1.29, 1.82) is 0 Å². The number of halogens is 1. The summed E-state index contributed by atoms with van der Waals surface area (Å²) in [5.74, 6) is 0.834.